The highest BCUT2D eigenvalue weighted by molar-refractivity contribution is 5.80. The summed E-state index contributed by atoms with van der Waals surface area (Å²) in [6.07, 6.45) is 1.49. The molecule has 1 aliphatic heterocycles. The Hall–Kier alpha value is -2.18. The molecule has 122 valence electrons. The van der Waals surface area contributed by atoms with Crippen LogP contribution in [0.3, 0.4) is 0 Å². The van der Waals surface area contributed by atoms with Crippen LogP contribution in [0.4, 0.5) is 0 Å². The van der Waals surface area contributed by atoms with Crippen molar-refractivity contribution >= 4 is 5.91 Å². The number of benzene rings is 1. The molecule has 0 saturated carbocycles. The number of carbonyl (C=O) groups is 1. The molecule has 2 aromatic rings. The van der Waals surface area contributed by atoms with Crippen LogP contribution in [0.15, 0.2) is 34.9 Å². The van der Waals surface area contributed by atoms with Gasteiger partial charge in [-0.1, -0.05) is 24.3 Å². The second-order valence-electron chi connectivity index (χ2n) is 5.83. The Bertz CT molecular complexity index is 698. The smallest absolute Gasteiger partial charge is 0.237 e. The average molecular weight is 315 g/mol. The number of ether oxygens (including phenoxy) is 1. The molecule has 0 radical (unpaired) electrons. The van der Waals surface area contributed by atoms with Crippen molar-refractivity contribution in [2.24, 2.45) is 5.73 Å². The van der Waals surface area contributed by atoms with Crippen molar-refractivity contribution < 1.29 is 13.9 Å². The third kappa shape index (κ3) is 3.28. The Morgan fingerprint density at radius 2 is 2.22 bits per heavy atom. The van der Waals surface area contributed by atoms with Gasteiger partial charge in [-0.15, -0.1) is 0 Å². The van der Waals surface area contributed by atoms with Crippen molar-refractivity contribution in [2.45, 2.75) is 32.5 Å². The van der Waals surface area contributed by atoms with Crippen molar-refractivity contribution in [1.29, 1.82) is 0 Å². The Kier molecular flexibility index (Phi) is 4.45. The van der Waals surface area contributed by atoms with Gasteiger partial charge in [-0.05, 0) is 19.4 Å². The normalized spacial score (nSPS) is 22.2. The maximum atomic E-state index is 11.7. The first-order valence-corrected chi connectivity index (χ1v) is 7.72. The summed E-state index contributed by atoms with van der Waals surface area (Å²) in [4.78, 5) is 18.0. The lowest BCUT2D eigenvalue weighted by Crippen LogP contribution is -2.56. The second-order valence-corrected chi connectivity index (χ2v) is 5.83. The largest absolute Gasteiger partial charge is 0.439 e. The Labute approximate surface area is 135 Å². The van der Waals surface area contributed by atoms with Crippen LogP contribution in [0.25, 0.3) is 11.3 Å². The Morgan fingerprint density at radius 3 is 2.96 bits per heavy atom. The van der Waals surface area contributed by atoms with Gasteiger partial charge in [0.25, 0.3) is 0 Å². The monoisotopic (exact) mass is 315 g/mol. The van der Waals surface area contributed by atoms with E-state index in [1.807, 2.05) is 43.0 Å². The van der Waals surface area contributed by atoms with Gasteiger partial charge in [-0.25, -0.2) is 4.98 Å². The SMILES string of the molecule is Cc1ccccc1-c1cnc(CN2CCO[C@H](C)[C@H]2C(N)=O)o1. The third-order valence-corrected chi connectivity index (χ3v) is 4.19. The minimum atomic E-state index is -0.461. The molecule has 2 heterocycles. The van der Waals surface area contributed by atoms with Crippen LogP contribution in [0.5, 0.6) is 0 Å². The topological polar surface area (TPSA) is 81.6 Å². The molecule has 1 amide bonds. The fourth-order valence-electron chi connectivity index (χ4n) is 3.00. The summed E-state index contributed by atoms with van der Waals surface area (Å²) in [6, 6.07) is 7.53. The van der Waals surface area contributed by atoms with Crippen molar-refractivity contribution in [3.63, 3.8) is 0 Å². The van der Waals surface area contributed by atoms with E-state index in [0.29, 0.717) is 25.6 Å². The third-order valence-electron chi connectivity index (χ3n) is 4.19. The van der Waals surface area contributed by atoms with Gasteiger partial charge in [-0.2, -0.15) is 0 Å². The van der Waals surface area contributed by atoms with Gasteiger partial charge < -0.3 is 14.9 Å². The molecule has 1 saturated heterocycles. The summed E-state index contributed by atoms with van der Waals surface area (Å²) in [6.45, 7) is 5.52. The van der Waals surface area contributed by atoms with Crippen LogP contribution in [0, 0.1) is 6.92 Å². The number of aromatic nitrogens is 1. The van der Waals surface area contributed by atoms with Gasteiger partial charge in [0, 0.05) is 12.1 Å². The highest BCUT2D eigenvalue weighted by Gasteiger charge is 2.34. The van der Waals surface area contributed by atoms with Crippen molar-refractivity contribution in [3.8, 4) is 11.3 Å². The number of morpholine rings is 1. The number of aryl methyl sites for hydroxylation is 1. The van der Waals surface area contributed by atoms with Crippen LogP contribution >= 0.6 is 0 Å². The minimum absolute atomic E-state index is 0.230. The molecule has 0 bridgehead atoms. The summed E-state index contributed by atoms with van der Waals surface area (Å²) in [5.41, 5.74) is 7.66. The molecular formula is C17H21N3O3. The zero-order chi connectivity index (χ0) is 16.4. The molecule has 23 heavy (non-hydrogen) atoms. The molecular weight excluding hydrogens is 294 g/mol. The molecule has 2 atom stereocenters. The maximum Gasteiger partial charge on any atom is 0.237 e. The number of hydrogen-bond donors (Lipinski definition) is 1. The standard InChI is InChI=1S/C17H21N3O3/c1-11-5-3-4-6-13(11)14-9-19-15(23-14)10-20-7-8-22-12(2)16(20)17(18)21/h3-6,9,12,16H,7-8,10H2,1-2H3,(H2,18,21)/t12-,16+/m1/s1. The van der Waals surface area contributed by atoms with Crippen LogP contribution in [0.2, 0.25) is 0 Å². The van der Waals surface area contributed by atoms with Crippen LogP contribution in [-0.4, -0.2) is 41.1 Å². The molecule has 0 aliphatic carbocycles. The first kappa shape index (κ1) is 15.7. The van der Waals surface area contributed by atoms with E-state index in [1.54, 1.807) is 6.20 Å². The van der Waals surface area contributed by atoms with Gasteiger partial charge in [-0.3, -0.25) is 9.69 Å². The summed E-state index contributed by atoms with van der Waals surface area (Å²) >= 11 is 0. The average Bonchev–Trinajstić information content (AvgIpc) is 2.95. The van der Waals surface area contributed by atoms with Crippen LogP contribution in [0.1, 0.15) is 18.4 Å². The minimum Gasteiger partial charge on any atom is -0.439 e. The van der Waals surface area contributed by atoms with E-state index in [4.69, 9.17) is 14.9 Å². The highest BCUT2D eigenvalue weighted by atomic mass is 16.5. The van der Waals surface area contributed by atoms with E-state index in [9.17, 15) is 4.79 Å². The van der Waals surface area contributed by atoms with E-state index < -0.39 is 6.04 Å². The molecule has 0 unspecified atom stereocenters. The Morgan fingerprint density at radius 1 is 1.43 bits per heavy atom. The number of amides is 1. The molecule has 2 N–H and O–H groups in total. The lowest BCUT2D eigenvalue weighted by atomic mass is 10.1. The van der Waals surface area contributed by atoms with E-state index in [0.717, 1.165) is 16.9 Å². The Balaban J connectivity index is 1.78. The number of nitrogens with zero attached hydrogens (tertiary/aromatic N) is 2. The van der Waals surface area contributed by atoms with Crippen LogP contribution < -0.4 is 5.73 Å². The van der Waals surface area contributed by atoms with Crippen molar-refractivity contribution in [1.82, 2.24) is 9.88 Å². The van der Waals surface area contributed by atoms with Crippen molar-refractivity contribution in [2.75, 3.05) is 13.2 Å². The lowest BCUT2D eigenvalue weighted by Gasteiger charge is -2.37. The quantitative estimate of drug-likeness (QED) is 0.929. The van der Waals surface area contributed by atoms with Crippen LogP contribution in [-0.2, 0) is 16.1 Å². The van der Waals surface area contributed by atoms with Gasteiger partial charge in [0.15, 0.2) is 5.76 Å². The van der Waals surface area contributed by atoms with Gasteiger partial charge in [0.05, 0.1) is 25.5 Å². The number of carbonyl (C=O) groups excluding carboxylic acids is 1. The van der Waals surface area contributed by atoms with Gasteiger partial charge in [0.2, 0.25) is 11.8 Å². The molecule has 1 aromatic carbocycles. The molecule has 1 fully saturated rings. The zero-order valence-electron chi connectivity index (χ0n) is 13.4. The maximum absolute atomic E-state index is 11.7. The van der Waals surface area contributed by atoms with Crippen molar-refractivity contribution in [3.05, 3.63) is 41.9 Å². The first-order valence-electron chi connectivity index (χ1n) is 7.72. The molecule has 0 spiro atoms. The van der Waals surface area contributed by atoms with Gasteiger partial charge in [0.1, 0.15) is 6.04 Å². The number of primary amides is 1. The zero-order valence-corrected chi connectivity index (χ0v) is 13.4. The van der Waals surface area contributed by atoms with E-state index in [1.165, 1.54) is 0 Å². The summed E-state index contributed by atoms with van der Waals surface area (Å²) in [5.74, 6) is 0.918. The predicted octanol–water partition coefficient (Wildman–Crippen LogP) is 1.72. The second kappa shape index (κ2) is 6.52. The first-order chi connectivity index (χ1) is 11.1. The lowest BCUT2D eigenvalue weighted by molar-refractivity contribution is -0.136. The molecule has 1 aromatic heterocycles. The van der Waals surface area contributed by atoms with E-state index in [-0.39, 0.29) is 12.0 Å². The highest BCUT2D eigenvalue weighted by Crippen LogP contribution is 2.25. The molecule has 6 heteroatoms. The number of rotatable bonds is 4. The fraction of sp³-hybridized carbons (Fsp3) is 0.412. The number of hydrogen-bond acceptors (Lipinski definition) is 5. The fourth-order valence-corrected chi connectivity index (χ4v) is 3.00. The molecule has 1 aliphatic rings. The van der Waals surface area contributed by atoms with E-state index >= 15 is 0 Å². The van der Waals surface area contributed by atoms with E-state index in [2.05, 4.69) is 4.98 Å². The number of oxazole rings is 1. The summed E-state index contributed by atoms with van der Waals surface area (Å²) in [5, 5.41) is 0. The number of nitrogens with two attached hydrogens (primary N) is 1. The van der Waals surface area contributed by atoms with Gasteiger partial charge >= 0.3 is 0 Å². The molecule has 3 rings (SSSR count). The summed E-state index contributed by atoms with van der Waals surface area (Å²) in [7, 11) is 0. The molecule has 6 nitrogen and oxygen atoms in total. The predicted molar refractivity (Wildman–Crippen MR) is 85.5 cm³/mol. The summed E-state index contributed by atoms with van der Waals surface area (Å²) < 4.78 is 11.4.